The van der Waals surface area contributed by atoms with Crippen LogP contribution in [0.5, 0.6) is 0 Å². The van der Waals surface area contributed by atoms with Crippen LogP contribution >= 0.6 is 11.3 Å². The fourth-order valence-corrected chi connectivity index (χ4v) is 4.54. The molecule has 174 valence electrons. The van der Waals surface area contributed by atoms with E-state index >= 15 is 0 Å². The van der Waals surface area contributed by atoms with E-state index < -0.39 is 5.91 Å². The second kappa shape index (κ2) is 9.49. The van der Waals surface area contributed by atoms with Gasteiger partial charge in [0, 0.05) is 42.0 Å². The summed E-state index contributed by atoms with van der Waals surface area (Å²) in [5.41, 5.74) is 8.28. The summed E-state index contributed by atoms with van der Waals surface area (Å²) in [6.45, 7) is 2.59. The van der Waals surface area contributed by atoms with Crippen molar-refractivity contribution >= 4 is 50.9 Å². The number of rotatable bonds is 7. The van der Waals surface area contributed by atoms with E-state index in [0.29, 0.717) is 54.2 Å². The smallest absolute Gasteiger partial charge is 0.236 e. The number of carbonyl (C=O) groups is 1. The average molecular weight is 479 g/mol. The molecule has 0 unspecified atom stereocenters. The van der Waals surface area contributed by atoms with Crippen molar-refractivity contribution in [1.82, 2.24) is 9.97 Å². The van der Waals surface area contributed by atoms with Crippen LogP contribution in [-0.4, -0.2) is 48.7 Å². The van der Waals surface area contributed by atoms with Gasteiger partial charge in [-0.2, -0.15) is 4.98 Å². The number of nitrogens with one attached hydrogen (secondary N) is 2. The first kappa shape index (κ1) is 21.9. The van der Waals surface area contributed by atoms with Crippen LogP contribution in [-0.2, 0) is 9.53 Å². The zero-order valence-corrected chi connectivity index (χ0v) is 18.9. The molecule has 0 radical (unpaired) electrons. The maximum atomic E-state index is 12.7. The number of benzene rings is 1. The Labute approximate surface area is 198 Å². The summed E-state index contributed by atoms with van der Waals surface area (Å²) < 4.78 is 12.2. The van der Waals surface area contributed by atoms with E-state index in [1.807, 2.05) is 34.5 Å². The molecule has 4 heterocycles. The number of ether oxygens (including phenoxy) is 1. The fraction of sp³-hybridized carbons (Fsp3) is 0.217. The molecule has 0 saturated carbocycles. The van der Waals surface area contributed by atoms with E-state index in [4.69, 9.17) is 14.9 Å². The van der Waals surface area contributed by atoms with Gasteiger partial charge in [0.2, 0.25) is 17.3 Å². The van der Waals surface area contributed by atoms with Crippen molar-refractivity contribution in [3.8, 4) is 11.1 Å². The zero-order chi connectivity index (χ0) is 23.5. The number of aromatic nitrogens is 2. The van der Waals surface area contributed by atoms with Crippen molar-refractivity contribution in [1.29, 1.82) is 0 Å². The lowest BCUT2D eigenvalue weighted by Gasteiger charge is -2.27. The van der Waals surface area contributed by atoms with Crippen LogP contribution in [0, 0.1) is 0 Å². The molecule has 1 amide bonds. The van der Waals surface area contributed by atoms with Gasteiger partial charge in [-0.05, 0) is 23.8 Å². The molecule has 10 nitrogen and oxygen atoms in total. The summed E-state index contributed by atoms with van der Waals surface area (Å²) in [6.07, 6.45) is 1.58. The van der Waals surface area contributed by atoms with Gasteiger partial charge in [-0.15, -0.1) is 11.3 Å². The van der Waals surface area contributed by atoms with Gasteiger partial charge in [-0.25, -0.2) is 4.98 Å². The summed E-state index contributed by atoms with van der Waals surface area (Å²) >= 11 is 1.38. The van der Waals surface area contributed by atoms with Crippen LogP contribution in [0.1, 0.15) is 0 Å². The number of anilines is 4. The normalized spacial score (nSPS) is 13.7. The van der Waals surface area contributed by atoms with Gasteiger partial charge in [0.25, 0.3) is 0 Å². The van der Waals surface area contributed by atoms with Gasteiger partial charge in [0.1, 0.15) is 10.5 Å². The molecule has 4 aromatic rings. The third kappa shape index (κ3) is 4.70. The number of hydrogen-bond donors (Lipinski definition) is 3. The van der Waals surface area contributed by atoms with Crippen LogP contribution in [0.2, 0.25) is 0 Å². The second-order valence-corrected chi connectivity index (χ2v) is 8.52. The molecule has 3 aromatic heterocycles. The molecule has 1 aliphatic heterocycles. The number of morpholine rings is 1. The predicted octanol–water partition coefficient (Wildman–Crippen LogP) is 2.79. The number of fused-ring (bicyclic) bond motifs is 1. The third-order valence-electron chi connectivity index (χ3n) is 5.30. The Kier molecular flexibility index (Phi) is 6.11. The van der Waals surface area contributed by atoms with Crippen molar-refractivity contribution in [2.75, 3.05) is 48.4 Å². The molecule has 0 atom stereocenters. The number of nitrogens with zero attached hydrogens (tertiary/aromatic N) is 3. The number of hydrogen-bond acceptors (Lipinski definition) is 10. The molecule has 11 heteroatoms. The summed E-state index contributed by atoms with van der Waals surface area (Å²) in [7, 11) is 0. The molecule has 0 bridgehead atoms. The Morgan fingerprint density at radius 2 is 1.97 bits per heavy atom. The molecular formula is C23H22N6O4S. The standard InChI is InChI=1S/C23H22N6O4S/c24-18(31)12-26-19-5-6-25-23(28-19)27-15-3-1-14(2-4-15)16-13-34-22-17(30)11-20(33-21(16)22)29-7-9-32-10-8-29/h1-6,11,13H,7-10,12H2,(H2,24,31)(H2,25,26,27,28). The van der Waals surface area contributed by atoms with Gasteiger partial charge in [0.15, 0.2) is 11.5 Å². The number of thiophene rings is 1. The number of primary amides is 1. The molecule has 0 spiro atoms. The second-order valence-electron chi connectivity index (χ2n) is 7.64. The molecule has 1 saturated heterocycles. The summed E-state index contributed by atoms with van der Waals surface area (Å²) in [4.78, 5) is 34.2. The minimum absolute atomic E-state index is 0.0108. The number of nitrogens with two attached hydrogens (primary N) is 1. The summed E-state index contributed by atoms with van der Waals surface area (Å²) in [5.74, 6) is 0.964. The Hall–Kier alpha value is -3.96. The minimum atomic E-state index is -0.474. The molecule has 1 aliphatic rings. The minimum Gasteiger partial charge on any atom is -0.439 e. The first-order valence-electron chi connectivity index (χ1n) is 10.7. The van der Waals surface area contributed by atoms with Crippen molar-refractivity contribution < 1.29 is 13.9 Å². The largest absolute Gasteiger partial charge is 0.439 e. The van der Waals surface area contributed by atoms with E-state index in [0.717, 1.165) is 16.8 Å². The maximum absolute atomic E-state index is 12.7. The molecule has 1 aromatic carbocycles. The van der Waals surface area contributed by atoms with Crippen LogP contribution < -0.4 is 26.7 Å². The van der Waals surface area contributed by atoms with Crippen molar-refractivity contribution in [3.05, 3.63) is 58.2 Å². The lowest BCUT2D eigenvalue weighted by Crippen LogP contribution is -2.36. The molecule has 0 aliphatic carbocycles. The molecular weight excluding hydrogens is 456 g/mol. The van der Waals surface area contributed by atoms with Crippen LogP contribution in [0.25, 0.3) is 21.4 Å². The quantitative estimate of drug-likeness (QED) is 0.366. The maximum Gasteiger partial charge on any atom is 0.236 e. The van der Waals surface area contributed by atoms with Gasteiger partial charge in [-0.3, -0.25) is 9.59 Å². The lowest BCUT2D eigenvalue weighted by atomic mass is 10.1. The number of amides is 1. The van der Waals surface area contributed by atoms with E-state index in [1.54, 1.807) is 18.3 Å². The van der Waals surface area contributed by atoms with E-state index in [-0.39, 0.29) is 12.0 Å². The monoisotopic (exact) mass is 478 g/mol. The van der Waals surface area contributed by atoms with Gasteiger partial charge < -0.3 is 30.4 Å². The Bertz CT molecular complexity index is 1380. The first-order valence-corrected chi connectivity index (χ1v) is 11.6. The first-order chi connectivity index (χ1) is 16.6. The Balaban J connectivity index is 1.38. The highest BCUT2D eigenvalue weighted by Crippen LogP contribution is 2.35. The fourth-order valence-electron chi connectivity index (χ4n) is 3.63. The summed E-state index contributed by atoms with van der Waals surface area (Å²) in [5, 5.41) is 7.91. The molecule has 34 heavy (non-hydrogen) atoms. The Morgan fingerprint density at radius 3 is 2.74 bits per heavy atom. The van der Waals surface area contributed by atoms with Crippen LogP contribution in [0.15, 0.2) is 57.2 Å². The average Bonchev–Trinajstić information content (AvgIpc) is 3.29. The van der Waals surface area contributed by atoms with Gasteiger partial charge >= 0.3 is 0 Å². The van der Waals surface area contributed by atoms with Gasteiger partial charge in [0.05, 0.1) is 19.8 Å². The highest BCUT2D eigenvalue weighted by Gasteiger charge is 2.18. The van der Waals surface area contributed by atoms with E-state index in [1.165, 1.54) is 11.3 Å². The van der Waals surface area contributed by atoms with Crippen molar-refractivity contribution in [2.24, 2.45) is 5.73 Å². The molecule has 4 N–H and O–H groups in total. The van der Waals surface area contributed by atoms with Crippen LogP contribution in [0.3, 0.4) is 0 Å². The van der Waals surface area contributed by atoms with E-state index in [9.17, 15) is 9.59 Å². The molecule has 1 fully saturated rings. The van der Waals surface area contributed by atoms with Gasteiger partial charge in [-0.1, -0.05) is 12.1 Å². The van der Waals surface area contributed by atoms with E-state index in [2.05, 4.69) is 20.6 Å². The van der Waals surface area contributed by atoms with Crippen molar-refractivity contribution in [3.63, 3.8) is 0 Å². The SMILES string of the molecule is NC(=O)CNc1ccnc(Nc2ccc(-c3csc4c(=O)cc(N5CCOCC5)oc34)cc2)n1. The lowest BCUT2D eigenvalue weighted by molar-refractivity contribution is -0.116. The topological polar surface area (TPSA) is 136 Å². The third-order valence-corrected chi connectivity index (χ3v) is 6.28. The summed E-state index contributed by atoms with van der Waals surface area (Å²) in [6, 6.07) is 10.9. The predicted molar refractivity (Wildman–Crippen MR) is 132 cm³/mol. The van der Waals surface area contributed by atoms with Crippen LogP contribution in [0.4, 0.5) is 23.3 Å². The Morgan fingerprint density at radius 1 is 1.18 bits per heavy atom. The number of carbonyl (C=O) groups excluding carboxylic acids is 1. The highest BCUT2D eigenvalue weighted by atomic mass is 32.1. The highest BCUT2D eigenvalue weighted by molar-refractivity contribution is 7.17. The van der Waals surface area contributed by atoms with Crippen molar-refractivity contribution in [2.45, 2.75) is 0 Å². The molecule has 5 rings (SSSR count). The zero-order valence-electron chi connectivity index (χ0n) is 18.1.